The van der Waals surface area contributed by atoms with E-state index in [1.54, 1.807) is 16.7 Å². The molecule has 2 aromatic carbocycles. The van der Waals surface area contributed by atoms with Crippen LogP contribution in [-0.4, -0.2) is 28.8 Å². The summed E-state index contributed by atoms with van der Waals surface area (Å²) in [6, 6.07) is 15.7. The molecule has 2 heterocycles. The highest BCUT2D eigenvalue weighted by atomic mass is 79.9. The van der Waals surface area contributed by atoms with Gasteiger partial charge in [0.15, 0.2) is 0 Å². The molecular weight excluding hydrogens is 414 g/mol. The molecule has 0 bridgehead atoms. The van der Waals surface area contributed by atoms with Crippen LogP contribution in [0.2, 0.25) is 0 Å². The van der Waals surface area contributed by atoms with E-state index in [0.717, 1.165) is 15.7 Å². The summed E-state index contributed by atoms with van der Waals surface area (Å²) in [5, 5.41) is 4.08. The molecule has 0 aliphatic carbocycles. The average Bonchev–Trinajstić information content (AvgIpc) is 3.29. The Morgan fingerprint density at radius 1 is 1.23 bits per heavy atom. The highest BCUT2D eigenvalue weighted by Crippen LogP contribution is 2.33. The van der Waals surface area contributed by atoms with Gasteiger partial charge in [-0.05, 0) is 42.7 Å². The number of anilines is 1. The molecule has 1 unspecified atom stereocenters. The van der Waals surface area contributed by atoms with E-state index in [-0.39, 0.29) is 11.8 Å². The first-order valence-corrected chi connectivity index (χ1v) is 10.2. The molecule has 0 saturated carbocycles. The summed E-state index contributed by atoms with van der Waals surface area (Å²) in [7, 11) is 0. The predicted octanol–water partition coefficient (Wildman–Crippen LogP) is 4.74. The summed E-state index contributed by atoms with van der Waals surface area (Å²) in [5.74, 6) is 1.04. The number of aromatic nitrogens is 2. The van der Waals surface area contributed by atoms with Gasteiger partial charge in [-0.25, -0.2) is 0 Å². The maximum atomic E-state index is 12.5. The molecule has 132 valence electrons. The fourth-order valence-corrected chi connectivity index (χ4v) is 3.84. The Bertz CT molecular complexity index is 942. The van der Waals surface area contributed by atoms with Crippen LogP contribution in [0.1, 0.15) is 18.2 Å². The molecule has 0 radical (unpaired) electrons. The zero-order valence-corrected chi connectivity index (χ0v) is 16.5. The summed E-state index contributed by atoms with van der Waals surface area (Å²) in [6.45, 7) is 0.553. The number of halogens is 1. The molecule has 1 atom stereocenters. The number of amides is 1. The Kier molecular flexibility index (Phi) is 4.82. The van der Waals surface area contributed by atoms with Gasteiger partial charge in [-0.2, -0.15) is 4.98 Å². The van der Waals surface area contributed by atoms with Gasteiger partial charge >= 0.3 is 0 Å². The van der Waals surface area contributed by atoms with Crippen molar-refractivity contribution in [2.45, 2.75) is 17.2 Å². The maximum Gasteiger partial charge on any atom is 0.232 e. The quantitative estimate of drug-likeness (QED) is 0.560. The van der Waals surface area contributed by atoms with Crippen LogP contribution < -0.4 is 4.90 Å². The van der Waals surface area contributed by atoms with E-state index in [9.17, 15) is 4.79 Å². The topological polar surface area (TPSA) is 59.2 Å². The van der Waals surface area contributed by atoms with Gasteiger partial charge in [-0.3, -0.25) is 4.79 Å². The van der Waals surface area contributed by atoms with Crippen molar-refractivity contribution >= 4 is 39.3 Å². The molecule has 1 aromatic heterocycles. The van der Waals surface area contributed by atoms with E-state index in [1.165, 1.54) is 4.90 Å². The minimum atomic E-state index is -0.0869. The molecule has 1 saturated heterocycles. The number of hydrogen-bond donors (Lipinski definition) is 0. The van der Waals surface area contributed by atoms with Gasteiger partial charge in [0.25, 0.3) is 0 Å². The van der Waals surface area contributed by atoms with Gasteiger partial charge < -0.3 is 9.42 Å². The number of rotatable bonds is 4. The zero-order valence-electron chi connectivity index (χ0n) is 14.1. The summed E-state index contributed by atoms with van der Waals surface area (Å²) in [4.78, 5) is 19.9. The van der Waals surface area contributed by atoms with Gasteiger partial charge in [0.1, 0.15) is 0 Å². The van der Waals surface area contributed by atoms with Crippen molar-refractivity contribution in [2.24, 2.45) is 0 Å². The van der Waals surface area contributed by atoms with E-state index >= 15 is 0 Å². The molecule has 7 heteroatoms. The standard InChI is InChI=1S/C19H16BrN3O2S/c1-26-16-7-5-15(6-8-16)23-11-13(10-17(23)24)19-21-18(22-25-19)12-3-2-4-14(20)9-12/h2-9,13H,10-11H2,1H3. The lowest BCUT2D eigenvalue weighted by molar-refractivity contribution is -0.117. The summed E-state index contributed by atoms with van der Waals surface area (Å²) < 4.78 is 6.41. The van der Waals surface area contributed by atoms with Crippen LogP contribution in [0.15, 0.2) is 62.4 Å². The molecule has 1 amide bonds. The van der Waals surface area contributed by atoms with Gasteiger partial charge in [0, 0.05) is 33.6 Å². The lowest BCUT2D eigenvalue weighted by Crippen LogP contribution is -2.24. The first kappa shape index (κ1) is 17.3. The molecule has 0 N–H and O–H groups in total. The predicted molar refractivity (Wildman–Crippen MR) is 105 cm³/mol. The first-order chi connectivity index (χ1) is 12.6. The molecule has 1 aliphatic heterocycles. The lowest BCUT2D eigenvalue weighted by atomic mass is 10.1. The second-order valence-electron chi connectivity index (χ2n) is 6.07. The molecule has 1 aliphatic rings. The molecule has 5 nitrogen and oxygen atoms in total. The minimum absolute atomic E-state index is 0.0779. The maximum absolute atomic E-state index is 12.5. The Hall–Kier alpha value is -2.12. The van der Waals surface area contributed by atoms with Gasteiger partial charge in [0.05, 0.1) is 5.92 Å². The van der Waals surface area contributed by atoms with Crippen molar-refractivity contribution in [3.05, 3.63) is 58.9 Å². The van der Waals surface area contributed by atoms with E-state index in [4.69, 9.17) is 4.52 Å². The summed E-state index contributed by atoms with van der Waals surface area (Å²) in [5.41, 5.74) is 1.78. The molecule has 0 spiro atoms. The second-order valence-corrected chi connectivity index (χ2v) is 7.87. The third-order valence-corrected chi connectivity index (χ3v) is 5.62. The van der Waals surface area contributed by atoms with Crippen LogP contribution in [0.3, 0.4) is 0 Å². The van der Waals surface area contributed by atoms with Crippen LogP contribution in [0, 0.1) is 0 Å². The van der Waals surface area contributed by atoms with Crippen LogP contribution in [0.5, 0.6) is 0 Å². The number of carbonyl (C=O) groups is 1. The van der Waals surface area contributed by atoms with Crippen molar-refractivity contribution in [1.82, 2.24) is 10.1 Å². The van der Waals surface area contributed by atoms with Crippen molar-refractivity contribution in [1.29, 1.82) is 0 Å². The van der Waals surface area contributed by atoms with Gasteiger partial charge in [-0.15, -0.1) is 11.8 Å². The highest BCUT2D eigenvalue weighted by molar-refractivity contribution is 9.10. The van der Waals surface area contributed by atoms with Crippen LogP contribution in [-0.2, 0) is 4.79 Å². The zero-order chi connectivity index (χ0) is 18.1. The normalized spacial score (nSPS) is 17.1. The van der Waals surface area contributed by atoms with E-state index in [2.05, 4.69) is 26.1 Å². The highest BCUT2D eigenvalue weighted by Gasteiger charge is 2.35. The van der Waals surface area contributed by atoms with Crippen LogP contribution in [0.4, 0.5) is 5.69 Å². The van der Waals surface area contributed by atoms with Crippen molar-refractivity contribution in [3.63, 3.8) is 0 Å². The number of carbonyl (C=O) groups excluding carboxylic acids is 1. The molecule has 4 rings (SSSR count). The minimum Gasteiger partial charge on any atom is -0.339 e. The Balaban J connectivity index is 1.53. The monoisotopic (exact) mass is 429 g/mol. The van der Waals surface area contributed by atoms with E-state index in [0.29, 0.717) is 24.7 Å². The molecule has 3 aromatic rings. The van der Waals surface area contributed by atoms with Gasteiger partial charge in [0.2, 0.25) is 17.6 Å². The molecule has 1 fully saturated rings. The number of benzene rings is 2. The Labute approximate surface area is 163 Å². The second kappa shape index (κ2) is 7.25. The first-order valence-electron chi connectivity index (χ1n) is 8.18. The van der Waals surface area contributed by atoms with Crippen LogP contribution in [0.25, 0.3) is 11.4 Å². The molecule has 26 heavy (non-hydrogen) atoms. The van der Waals surface area contributed by atoms with E-state index < -0.39 is 0 Å². The third-order valence-electron chi connectivity index (χ3n) is 4.38. The fraction of sp³-hybridized carbons (Fsp3) is 0.211. The average molecular weight is 430 g/mol. The number of hydrogen-bond acceptors (Lipinski definition) is 5. The summed E-state index contributed by atoms with van der Waals surface area (Å²) >= 11 is 5.13. The van der Waals surface area contributed by atoms with Crippen molar-refractivity contribution in [3.8, 4) is 11.4 Å². The lowest BCUT2D eigenvalue weighted by Gasteiger charge is -2.16. The van der Waals surface area contributed by atoms with Crippen molar-refractivity contribution < 1.29 is 9.32 Å². The fourth-order valence-electron chi connectivity index (χ4n) is 3.03. The van der Waals surface area contributed by atoms with Gasteiger partial charge in [-0.1, -0.05) is 33.2 Å². The number of nitrogens with zero attached hydrogens (tertiary/aromatic N) is 3. The third kappa shape index (κ3) is 3.41. The van der Waals surface area contributed by atoms with E-state index in [1.807, 2.05) is 54.8 Å². The Morgan fingerprint density at radius 3 is 2.77 bits per heavy atom. The number of thioether (sulfide) groups is 1. The van der Waals surface area contributed by atoms with Crippen molar-refractivity contribution in [2.75, 3.05) is 17.7 Å². The molecular formula is C19H16BrN3O2S. The van der Waals surface area contributed by atoms with Crippen LogP contribution >= 0.6 is 27.7 Å². The Morgan fingerprint density at radius 2 is 2.04 bits per heavy atom. The largest absolute Gasteiger partial charge is 0.339 e. The smallest absolute Gasteiger partial charge is 0.232 e. The SMILES string of the molecule is CSc1ccc(N2CC(c3nc(-c4cccc(Br)c4)no3)CC2=O)cc1. The summed E-state index contributed by atoms with van der Waals surface area (Å²) in [6.07, 6.45) is 2.41.